The molecule has 2 heterocycles. The normalized spacial score (nSPS) is 10.2. The first kappa shape index (κ1) is 11.4. The summed E-state index contributed by atoms with van der Waals surface area (Å²) in [6, 6.07) is 7.83. The minimum Gasteiger partial charge on any atom is -0.382 e. The van der Waals surface area contributed by atoms with Crippen LogP contribution in [0.3, 0.4) is 0 Å². The first-order valence-electron chi connectivity index (χ1n) is 5.68. The summed E-state index contributed by atoms with van der Waals surface area (Å²) in [4.78, 5) is 8.40. The fourth-order valence-corrected chi connectivity index (χ4v) is 1.70. The van der Waals surface area contributed by atoms with E-state index in [0.29, 0.717) is 12.4 Å². The second-order valence-corrected chi connectivity index (χ2v) is 3.75. The smallest absolute Gasteiger partial charge is 0.146 e. The van der Waals surface area contributed by atoms with Crippen molar-refractivity contribution in [1.82, 2.24) is 9.97 Å². The highest BCUT2D eigenvalue weighted by atomic mass is 15.0. The first-order valence-corrected chi connectivity index (χ1v) is 5.68. The van der Waals surface area contributed by atoms with Gasteiger partial charge in [-0.15, -0.1) is 0 Å². The molecule has 88 valence electrons. The Bertz CT molecular complexity index is 496. The summed E-state index contributed by atoms with van der Waals surface area (Å²) in [7, 11) is 0. The summed E-state index contributed by atoms with van der Waals surface area (Å²) < 4.78 is 0. The average Bonchev–Trinajstić information content (AvgIpc) is 2.38. The highest BCUT2D eigenvalue weighted by Gasteiger charge is 2.03. The molecule has 0 unspecified atom stereocenters. The Kier molecular flexibility index (Phi) is 3.55. The van der Waals surface area contributed by atoms with Crippen LogP contribution in [0.25, 0.3) is 0 Å². The zero-order valence-electron chi connectivity index (χ0n) is 9.85. The van der Waals surface area contributed by atoms with Crippen LogP contribution >= 0.6 is 0 Å². The molecule has 4 heteroatoms. The quantitative estimate of drug-likeness (QED) is 0.842. The fourth-order valence-electron chi connectivity index (χ4n) is 1.70. The molecule has 2 aromatic rings. The van der Waals surface area contributed by atoms with Crippen molar-refractivity contribution in [3.8, 4) is 0 Å². The Morgan fingerprint density at radius 2 is 1.94 bits per heavy atom. The molecule has 0 fully saturated rings. The van der Waals surface area contributed by atoms with Crippen molar-refractivity contribution in [3.05, 3.63) is 47.9 Å². The second kappa shape index (κ2) is 5.30. The number of hydrogen-bond donors (Lipinski definition) is 2. The zero-order chi connectivity index (χ0) is 12.1. The van der Waals surface area contributed by atoms with Crippen LogP contribution in [-0.4, -0.2) is 9.97 Å². The lowest BCUT2D eigenvalue weighted by molar-refractivity contribution is 0.971. The number of nitrogen functional groups attached to an aromatic ring is 1. The van der Waals surface area contributed by atoms with Crippen molar-refractivity contribution >= 4 is 11.5 Å². The summed E-state index contributed by atoms with van der Waals surface area (Å²) >= 11 is 0. The predicted octanol–water partition coefficient (Wildman–Crippen LogP) is 2.23. The minimum absolute atomic E-state index is 0.515. The SMILES string of the molecule is CCc1cccnc1CNc1cccnc1N. The van der Waals surface area contributed by atoms with E-state index in [1.54, 1.807) is 6.20 Å². The van der Waals surface area contributed by atoms with Gasteiger partial charge in [0.1, 0.15) is 5.82 Å². The molecule has 2 rings (SSSR count). The summed E-state index contributed by atoms with van der Waals surface area (Å²) in [5.41, 5.74) is 8.91. The number of aromatic nitrogens is 2. The zero-order valence-corrected chi connectivity index (χ0v) is 9.85. The van der Waals surface area contributed by atoms with E-state index in [2.05, 4.69) is 28.3 Å². The summed E-state index contributed by atoms with van der Waals surface area (Å²) in [5, 5.41) is 3.25. The van der Waals surface area contributed by atoms with Gasteiger partial charge in [-0.1, -0.05) is 13.0 Å². The highest BCUT2D eigenvalue weighted by molar-refractivity contribution is 5.60. The molecule has 0 saturated heterocycles. The van der Waals surface area contributed by atoms with E-state index in [1.807, 2.05) is 24.4 Å². The van der Waals surface area contributed by atoms with Crippen molar-refractivity contribution in [2.75, 3.05) is 11.1 Å². The van der Waals surface area contributed by atoms with E-state index in [9.17, 15) is 0 Å². The number of nitrogens with zero attached hydrogens (tertiary/aromatic N) is 2. The largest absolute Gasteiger partial charge is 0.382 e. The van der Waals surface area contributed by atoms with Crippen LogP contribution in [0.15, 0.2) is 36.7 Å². The lowest BCUT2D eigenvalue weighted by Gasteiger charge is -2.10. The highest BCUT2D eigenvalue weighted by Crippen LogP contribution is 2.15. The topological polar surface area (TPSA) is 63.8 Å². The molecular weight excluding hydrogens is 212 g/mol. The number of nitrogens with one attached hydrogen (secondary N) is 1. The average molecular weight is 228 g/mol. The van der Waals surface area contributed by atoms with E-state index >= 15 is 0 Å². The van der Waals surface area contributed by atoms with Crippen LogP contribution in [0.1, 0.15) is 18.2 Å². The Balaban J connectivity index is 2.10. The van der Waals surface area contributed by atoms with E-state index < -0.39 is 0 Å². The number of rotatable bonds is 4. The maximum atomic E-state index is 5.76. The van der Waals surface area contributed by atoms with Crippen molar-refractivity contribution in [2.45, 2.75) is 19.9 Å². The maximum absolute atomic E-state index is 5.76. The van der Waals surface area contributed by atoms with Gasteiger partial charge in [0.2, 0.25) is 0 Å². The molecule has 0 spiro atoms. The predicted molar refractivity (Wildman–Crippen MR) is 69.6 cm³/mol. The van der Waals surface area contributed by atoms with Crippen molar-refractivity contribution in [3.63, 3.8) is 0 Å². The molecule has 0 aliphatic rings. The van der Waals surface area contributed by atoms with Crippen molar-refractivity contribution < 1.29 is 0 Å². The molecule has 0 atom stereocenters. The molecule has 17 heavy (non-hydrogen) atoms. The molecule has 0 aliphatic heterocycles. The van der Waals surface area contributed by atoms with Gasteiger partial charge in [0.05, 0.1) is 17.9 Å². The van der Waals surface area contributed by atoms with Crippen molar-refractivity contribution in [1.29, 1.82) is 0 Å². The molecule has 0 saturated carbocycles. The van der Waals surface area contributed by atoms with Gasteiger partial charge in [0.25, 0.3) is 0 Å². The van der Waals surface area contributed by atoms with Gasteiger partial charge >= 0.3 is 0 Å². The van der Waals surface area contributed by atoms with Gasteiger partial charge in [0, 0.05) is 12.4 Å². The van der Waals surface area contributed by atoms with Crippen LogP contribution in [0, 0.1) is 0 Å². The van der Waals surface area contributed by atoms with E-state index in [4.69, 9.17) is 5.73 Å². The Labute approximate surface area is 101 Å². The summed E-state index contributed by atoms with van der Waals surface area (Å²) in [6.45, 7) is 2.79. The van der Waals surface area contributed by atoms with Gasteiger partial charge in [-0.25, -0.2) is 4.98 Å². The van der Waals surface area contributed by atoms with Crippen LogP contribution in [-0.2, 0) is 13.0 Å². The van der Waals surface area contributed by atoms with Crippen molar-refractivity contribution in [2.24, 2.45) is 0 Å². The van der Waals surface area contributed by atoms with E-state index in [1.165, 1.54) is 5.56 Å². The monoisotopic (exact) mass is 228 g/mol. The number of anilines is 2. The molecule has 0 bridgehead atoms. The summed E-state index contributed by atoms with van der Waals surface area (Å²) in [6.07, 6.45) is 4.47. The fraction of sp³-hybridized carbons (Fsp3) is 0.231. The lowest BCUT2D eigenvalue weighted by Crippen LogP contribution is -2.07. The molecular formula is C13H16N4. The van der Waals surface area contributed by atoms with E-state index in [0.717, 1.165) is 17.8 Å². The molecule has 0 aliphatic carbocycles. The molecule has 3 N–H and O–H groups in total. The Morgan fingerprint density at radius 1 is 1.18 bits per heavy atom. The van der Waals surface area contributed by atoms with Gasteiger partial charge in [-0.3, -0.25) is 4.98 Å². The lowest BCUT2D eigenvalue weighted by atomic mass is 10.1. The van der Waals surface area contributed by atoms with E-state index in [-0.39, 0.29) is 0 Å². The molecule has 0 amide bonds. The van der Waals surface area contributed by atoms with Gasteiger partial charge < -0.3 is 11.1 Å². The third-order valence-corrected chi connectivity index (χ3v) is 2.65. The Morgan fingerprint density at radius 3 is 2.71 bits per heavy atom. The standard InChI is InChI=1S/C13H16N4/c1-2-10-5-3-7-15-12(10)9-17-11-6-4-8-16-13(11)14/h3-8,17H,2,9H2,1H3,(H2,14,16). The van der Waals surface area contributed by atoms with Crippen LogP contribution in [0.2, 0.25) is 0 Å². The number of aryl methyl sites for hydroxylation is 1. The molecule has 0 aromatic carbocycles. The minimum atomic E-state index is 0.515. The van der Waals surface area contributed by atoms with Gasteiger partial charge in [0.15, 0.2) is 0 Å². The number of pyridine rings is 2. The van der Waals surface area contributed by atoms with Gasteiger partial charge in [-0.2, -0.15) is 0 Å². The van der Waals surface area contributed by atoms with Gasteiger partial charge in [-0.05, 0) is 30.2 Å². The Hall–Kier alpha value is -2.10. The summed E-state index contributed by atoms with van der Waals surface area (Å²) in [5.74, 6) is 0.515. The molecule has 4 nitrogen and oxygen atoms in total. The first-order chi connectivity index (χ1) is 8.31. The third-order valence-electron chi connectivity index (χ3n) is 2.65. The maximum Gasteiger partial charge on any atom is 0.146 e. The van der Waals surface area contributed by atoms with Crippen LogP contribution < -0.4 is 11.1 Å². The number of hydrogen-bond acceptors (Lipinski definition) is 4. The number of nitrogens with two attached hydrogens (primary N) is 1. The molecule has 0 radical (unpaired) electrons. The van der Waals surface area contributed by atoms with Crippen LogP contribution in [0.4, 0.5) is 11.5 Å². The third kappa shape index (κ3) is 2.72. The molecule has 2 aromatic heterocycles. The second-order valence-electron chi connectivity index (χ2n) is 3.75. The van der Waals surface area contributed by atoms with Crippen LogP contribution in [0.5, 0.6) is 0 Å².